The van der Waals surface area contributed by atoms with Gasteiger partial charge in [-0.25, -0.2) is 0 Å². The molecule has 1 N–H and O–H groups in total. The van der Waals surface area contributed by atoms with Crippen molar-refractivity contribution in [1.82, 2.24) is 20.1 Å². The van der Waals surface area contributed by atoms with Gasteiger partial charge < -0.3 is 9.88 Å². The molecular formula is C12H22N4. The maximum atomic E-state index is 4.09. The van der Waals surface area contributed by atoms with Gasteiger partial charge in [0.1, 0.15) is 12.2 Å². The first-order chi connectivity index (χ1) is 7.75. The Kier molecular flexibility index (Phi) is 3.93. The van der Waals surface area contributed by atoms with Crippen molar-refractivity contribution in [3.63, 3.8) is 0 Å². The van der Waals surface area contributed by atoms with E-state index in [2.05, 4.69) is 22.4 Å². The van der Waals surface area contributed by atoms with Crippen LogP contribution in [0.5, 0.6) is 0 Å². The summed E-state index contributed by atoms with van der Waals surface area (Å²) >= 11 is 0. The highest BCUT2D eigenvalue weighted by molar-refractivity contribution is 4.85. The van der Waals surface area contributed by atoms with Crippen LogP contribution in [0.25, 0.3) is 0 Å². The lowest BCUT2D eigenvalue weighted by Gasteiger charge is -2.15. The molecule has 0 aliphatic heterocycles. The molecular weight excluding hydrogens is 200 g/mol. The number of aromatic nitrogens is 3. The van der Waals surface area contributed by atoms with E-state index >= 15 is 0 Å². The fourth-order valence-corrected chi connectivity index (χ4v) is 2.39. The molecule has 1 fully saturated rings. The minimum Gasteiger partial charge on any atom is -0.320 e. The smallest absolute Gasteiger partial charge is 0.146 e. The normalized spacial score (nSPS) is 26.6. The third kappa shape index (κ3) is 3.04. The monoisotopic (exact) mass is 222 g/mol. The van der Waals surface area contributed by atoms with E-state index in [-0.39, 0.29) is 0 Å². The Labute approximate surface area is 97.5 Å². The molecule has 1 heterocycles. The molecule has 2 rings (SSSR count). The van der Waals surface area contributed by atoms with Crippen molar-refractivity contribution in [2.24, 2.45) is 13.0 Å². The van der Waals surface area contributed by atoms with Crippen LogP contribution in [0.1, 0.15) is 44.9 Å². The second-order valence-corrected chi connectivity index (χ2v) is 5.05. The maximum Gasteiger partial charge on any atom is 0.146 e. The maximum absolute atomic E-state index is 4.09. The van der Waals surface area contributed by atoms with Crippen molar-refractivity contribution in [3.05, 3.63) is 12.2 Å². The highest BCUT2D eigenvalue weighted by atomic mass is 15.3. The molecule has 2 atom stereocenters. The van der Waals surface area contributed by atoms with Crippen LogP contribution in [0.2, 0.25) is 0 Å². The van der Waals surface area contributed by atoms with E-state index in [4.69, 9.17) is 0 Å². The Balaban J connectivity index is 1.79. The molecule has 4 heteroatoms. The fraction of sp³-hybridized carbons (Fsp3) is 0.833. The second-order valence-electron chi connectivity index (χ2n) is 5.05. The van der Waals surface area contributed by atoms with Crippen molar-refractivity contribution in [3.8, 4) is 0 Å². The zero-order valence-corrected chi connectivity index (χ0v) is 10.3. The van der Waals surface area contributed by atoms with E-state index in [1.165, 1.54) is 32.1 Å². The van der Waals surface area contributed by atoms with Gasteiger partial charge >= 0.3 is 0 Å². The number of nitrogens with one attached hydrogen (secondary N) is 1. The minimum atomic E-state index is 0.668. The molecule has 0 spiro atoms. The summed E-state index contributed by atoms with van der Waals surface area (Å²) in [5.41, 5.74) is 0. The number of rotatable bonds is 3. The largest absolute Gasteiger partial charge is 0.320 e. The van der Waals surface area contributed by atoms with Crippen molar-refractivity contribution < 1.29 is 0 Å². The molecule has 0 aromatic carbocycles. The molecule has 2 unspecified atom stereocenters. The average molecular weight is 222 g/mol. The molecule has 90 valence electrons. The van der Waals surface area contributed by atoms with Crippen LogP contribution in [0, 0.1) is 5.92 Å². The first kappa shape index (κ1) is 11.6. The van der Waals surface area contributed by atoms with Crippen LogP contribution in [0.15, 0.2) is 6.33 Å². The lowest BCUT2D eigenvalue weighted by atomic mass is 10.0. The molecule has 1 aromatic rings. The Bertz CT molecular complexity index is 321. The Morgan fingerprint density at radius 2 is 2.25 bits per heavy atom. The molecule has 1 aromatic heterocycles. The number of aryl methyl sites for hydroxylation is 1. The van der Waals surface area contributed by atoms with E-state index in [0.717, 1.165) is 18.3 Å². The summed E-state index contributed by atoms with van der Waals surface area (Å²) in [5, 5.41) is 11.6. The predicted octanol–water partition coefficient (Wildman–Crippen LogP) is 1.87. The molecule has 1 aliphatic carbocycles. The molecule has 1 aliphatic rings. The van der Waals surface area contributed by atoms with Gasteiger partial charge in [0.05, 0.1) is 6.54 Å². The van der Waals surface area contributed by atoms with E-state index in [0.29, 0.717) is 6.04 Å². The van der Waals surface area contributed by atoms with Gasteiger partial charge in [-0.05, 0) is 25.2 Å². The van der Waals surface area contributed by atoms with Crippen LogP contribution in [-0.4, -0.2) is 20.8 Å². The summed E-state index contributed by atoms with van der Waals surface area (Å²) in [6.07, 6.45) is 8.48. The first-order valence-electron chi connectivity index (χ1n) is 6.32. The summed E-state index contributed by atoms with van der Waals surface area (Å²) in [5.74, 6) is 1.93. The van der Waals surface area contributed by atoms with Crippen molar-refractivity contribution in [2.45, 2.75) is 51.6 Å². The number of hydrogen-bond acceptors (Lipinski definition) is 3. The van der Waals surface area contributed by atoms with Gasteiger partial charge in [0.15, 0.2) is 0 Å². The topological polar surface area (TPSA) is 42.7 Å². The average Bonchev–Trinajstić information content (AvgIpc) is 2.55. The van der Waals surface area contributed by atoms with Crippen molar-refractivity contribution >= 4 is 0 Å². The van der Waals surface area contributed by atoms with Crippen LogP contribution in [-0.2, 0) is 13.6 Å². The highest BCUT2D eigenvalue weighted by Gasteiger charge is 2.16. The third-order valence-electron chi connectivity index (χ3n) is 3.61. The predicted molar refractivity (Wildman–Crippen MR) is 63.9 cm³/mol. The van der Waals surface area contributed by atoms with Gasteiger partial charge in [-0.1, -0.05) is 19.8 Å². The standard InChI is InChI=1S/C12H22N4/c1-10-4-3-5-11(7-6-10)13-8-12-15-14-9-16(12)2/h9-11,13H,3-8H2,1-2H3. The lowest BCUT2D eigenvalue weighted by molar-refractivity contribution is 0.439. The third-order valence-corrected chi connectivity index (χ3v) is 3.61. The molecule has 0 bridgehead atoms. The van der Waals surface area contributed by atoms with Crippen LogP contribution in [0.3, 0.4) is 0 Å². The molecule has 0 amide bonds. The minimum absolute atomic E-state index is 0.668. The quantitative estimate of drug-likeness (QED) is 0.794. The molecule has 0 radical (unpaired) electrons. The van der Waals surface area contributed by atoms with E-state index in [1.54, 1.807) is 6.33 Å². The summed E-state index contributed by atoms with van der Waals surface area (Å²) in [6.45, 7) is 3.21. The summed E-state index contributed by atoms with van der Waals surface area (Å²) in [7, 11) is 1.99. The van der Waals surface area contributed by atoms with Gasteiger partial charge in [0.2, 0.25) is 0 Å². The zero-order chi connectivity index (χ0) is 11.4. The molecule has 0 saturated heterocycles. The molecule has 4 nitrogen and oxygen atoms in total. The second kappa shape index (κ2) is 5.43. The summed E-state index contributed by atoms with van der Waals surface area (Å²) in [4.78, 5) is 0. The van der Waals surface area contributed by atoms with Gasteiger partial charge in [-0.15, -0.1) is 10.2 Å². The van der Waals surface area contributed by atoms with Crippen molar-refractivity contribution in [1.29, 1.82) is 0 Å². The van der Waals surface area contributed by atoms with Gasteiger partial charge in [-0.3, -0.25) is 0 Å². The fourth-order valence-electron chi connectivity index (χ4n) is 2.39. The van der Waals surface area contributed by atoms with E-state index in [1.807, 2.05) is 11.6 Å². The summed E-state index contributed by atoms with van der Waals surface area (Å²) in [6, 6.07) is 0.668. The van der Waals surface area contributed by atoms with Gasteiger partial charge in [0.25, 0.3) is 0 Å². The number of hydrogen-bond donors (Lipinski definition) is 1. The van der Waals surface area contributed by atoms with Crippen LogP contribution >= 0.6 is 0 Å². The SMILES string of the molecule is CC1CCCC(NCc2nncn2C)CC1. The first-order valence-corrected chi connectivity index (χ1v) is 6.32. The number of nitrogens with zero attached hydrogens (tertiary/aromatic N) is 3. The Hall–Kier alpha value is -0.900. The highest BCUT2D eigenvalue weighted by Crippen LogP contribution is 2.22. The van der Waals surface area contributed by atoms with Crippen molar-refractivity contribution in [2.75, 3.05) is 0 Å². The van der Waals surface area contributed by atoms with Gasteiger partial charge in [0, 0.05) is 13.1 Å². The van der Waals surface area contributed by atoms with Crippen LogP contribution in [0.4, 0.5) is 0 Å². The van der Waals surface area contributed by atoms with E-state index < -0.39 is 0 Å². The zero-order valence-electron chi connectivity index (χ0n) is 10.3. The lowest BCUT2D eigenvalue weighted by Crippen LogP contribution is -2.29. The van der Waals surface area contributed by atoms with Crippen LogP contribution < -0.4 is 5.32 Å². The molecule has 16 heavy (non-hydrogen) atoms. The van der Waals surface area contributed by atoms with E-state index in [9.17, 15) is 0 Å². The molecule has 1 saturated carbocycles. The van der Waals surface area contributed by atoms with Gasteiger partial charge in [-0.2, -0.15) is 0 Å². The Morgan fingerprint density at radius 1 is 1.38 bits per heavy atom. The summed E-state index contributed by atoms with van der Waals surface area (Å²) < 4.78 is 1.98. The Morgan fingerprint density at radius 3 is 3.00 bits per heavy atom.